The third kappa shape index (κ3) is 4.34. The molecule has 0 fully saturated rings. The highest BCUT2D eigenvalue weighted by Crippen LogP contribution is 2.15. The van der Waals surface area contributed by atoms with Gasteiger partial charge in [-0.2, -0.15) is 0 Å². The van der Waals surface area contributed by atoms with Gasteiger partial charge in [0.1, 0.15) is 5.75 Å². The summed E-state index contributed by atoms with van der Waals surface area (Å²) in [6.45, 7) is 2.25. The van der Waals surface area contributed by atoms with E-state index in [2.05, 4.69) is 5.32 Å². The predicted molar refractivity (Wildman–Crippen MR) is 84.9 cm³/mol. The van der Waals surface area contributed by atoms with Crippen LogP contribution in [0, 0.1) is 6.92 Å². The number of carbonyl (C=O) groups excluding carboxylic acids is 2. The van der Waals surface area contributed by atoms with Gasteiger partial charge in [0, 0.05) is 0 Å². The molecule has 0 aliphatic heterocycles. The van der Waals surface area contributed by atoms with Gasteiger partial charge in [-0.25, -0.2) is 0 Å². The third-order valence-corrected chi connectivity index (χ3v) is 3.09. The van der Waals surface area contributed by atoms with E-state index in [1.165, 1.54) is 0 Å². The number of ether oxygens (including phenoxy) is 1. The summed E-state index contributed by atoms with van der Waals surface area (Å²) in [6, 6.07) is 14.2. The topological polar surface area (TPSA) is 81.4 Å². The molecule has 5 heteroatoms. The molecule has 0 radical (unpaired) electrons. The molecule has 0 aliphatic carbocycles. The maximum absolute atomic E-state index is 11.9. The Balaban J connectivity index is 1.86. The number of primary amides is 1. The highest BCUT2D eigenvalue weighted by molar-refractivity contribution is 6.02. The zero-order valence-corrected chi connectivity index (χ0v) is 12.3. The molecule has 0 unspecified atom stereocenters. The maximum atomic E-state index is 11.9. The lowest BCUT2D eigenvalue weighted by Gasteiger charge is -2.09. The van der Waals surface area contributed by atoms with Gasteiger partial charge in [-0.15, -0.1) is 0 Å². The lowest BCUT2D eigenvalue weighted by atomic mass is 10.1. The second-order valence-electron chi connectivity index (χ2n) is 4.87. The van der Waals surface area contributed by atoms with Gasteiger partial charge >= 0.3 is 0 Å². The van der Waals surface area contributed by atoms with E-state index in [1.54, 1.807) is 24.3 Å². The number of benzene rings is 2. The summed E-state index contributed by atoms with van der Waals surface area (Å²) < 4.78 is 5.49. The van der Waals surface area contributed by atoms with Crippen LogP contribution in [0.25, 0.3) is 0 Å². The van der Waals surface area contributed by atoms with Crippen LogP contribution in [0.4, 0.5) is 5.69 Å². The number of nitrogens with two attached hydrogens (primary N) is 1. The van der Waals surface area contributed by atoms with Crippen LogP contribution in [0.5, 0.6) is 5.75 Å². The summed E-state index contributed by atoms with van der Waals surface area (Å²) in [5.74, 6) is -0.0939. The lowest BCUT2D eigenvalue weighted by Crippen LogP contribution is -2.19. The van der Waals surface area contributed by atoms with Crippen LogP contribution in [-0.4, -0.2) is 18.4 Å². The van der Waals surface area contributed by atoms with Crippen LogP contribution >= 0.6 is 0 Å². The Hall–Kier alpha value is -2.82. The molecule has 0 aromatic heterocycles. The molecule has 2 amide bonds. The lowest BCUT2D eigenvalue weighted by molar-refractivity contribution is -0.116. The van der Waals surface area contributed by atoms with Crippen molar-refractivity contribution in [2.24, 2.45) is 5.73 Å². The van der Waals surface area contributed by atoms with Gasteiger partial charge in [-0.05, 0) is 31.2 Å². The predicted octanol–water partition coefficient (Wildman–Crippen LogP) is 2.50. The van der Waals surface area contributed by atoms with Crippen LogP contribution in [-0.2, 0) is 4.79 Å². The van der Waals surface area contributed by atoms with E-state index in [9.17, 15) is 9.59 Å². The number of rotatable bonds is 6. The van der Waals surface area contributed by atoms with E-state index in [0.717, 1.165) is 11.3 Å². The molecule has 0 bridgehead atoms. The van der Waals surface area contributed by atoms with Gasteiger partial charge in [0.05, 0.1) is 24.3 Å². The zero-order valence-electron chi connectivity index (χ0n) is 12.3. The third-order valence-electron chi connectivity index (χ3n) is 3.09. The SMILES string of the molecule is Cc1ccc(OCCC(=O)Nc2ccccc2C(N)=O)cc1. The first-order chi connectivity index (χ1) is 10.6. The number of amides is 2. The Morgan fingerprint density at radius 2 is 1.77 bits per heavy atom. The fraction of sp³-hybridized carbons (Fsp3) is 0.176. The van der Waals surface area contributed by atoms with Crippen LogP contribution in [0.2, 0.25) is 0 Å². The number of carbonyl (C=O) groups is 2. The van der Waals surface area contributed by atoms with Gasteiger partial charge in [0.15, 0.2) is 0 Å². The van der Waals surface area contributed by atoms with Gasteiger partial charge in [0.2, 0.25) is 5.91 Å². The summed E-state index contributed by atoms with van der Waals surface area (Å²) in [7, 11) is 0. The van der Waals surface area contributed by atoms with Crippen molar-refractivity contribution in [3.63, 3.8) is 0 Å². The first-order valence-corrected chi connectivity index (χ1v) is 6.94. The largest absolute Gasteiger partial charge is 0.493 e. The van der Waals surface area contributed by atoms with Crippen molar-refractivity contribution >= 4 is 17.5 Å². The van der Waals surface area contributed by atoms with E-state index in [1.807, 2.05) is 31.2 Å². The number of nitrogens with one attached hydrogen (secondary N) is 1. The highest BCUT2D eigenvalue weighted by atomic mass is 16.5. The smallest absolute Gasteiger partial charge is 0.250 e. The molecule has 3 N–H and O–H groups in total. The minimum Gasteiger partial charge on any atom is -0.493 e. The first-order valence-electron chi connectivity index (χ1n) is 6.94. The highest BCUT2D eigenvalue weighted by Gasteiger charge is 2.10. The van der Waals surface area contributed by atoms with E-state index >= 15 is 0 Å². The van der Waals surface area contributed by atoms with Crippen molar-refractivity contribution in [1.82, 2.24) is 0 Å². The average Bonchev–Trinajstić information content (AvgIpc) is 2.49. The first kappa shape index (κ1) is 15.6. The van der Waals surface area contributed by atoms with Crippen LogP contribution < -0.4 is 15.8 Å². The van der Waals surface area contributed by atoms with Gasteiger partial charge < -0.3 is 15.8 Å². The molecular formula is C17H18N2O3. The molecule has 5 nitrogen and oxygen atoms in total. The van der Waals surface area contributed by atoms with E-state index in [-0.39, 0.29) is 24.5 Å². The number of hydrogen-bond acceptors (Lipinski definition) is 3. The second-order valence-corrected chi connectivity index (χ2v) is 4.87. The molecule has 2 aromatic rings. The Morgan fingerprint density at radius 3 is 2.45 bits per heavy atom. The van der Waals surface area contributed by atoms with Gasteiger partial charge in [0.25, 0.3) is 5.91 Å². The summed E-state index contributed by atoms with van der Waals surface area (Å²) >= 11 is 0. The number of anilines is 1. The molecule has 0 aliphatic rings. The quantitative estimate of drug-likeness (QED) is 0.859. The normalized spacial score (nSPS) is 10.0. The fourth-order valence-electron chi connectivity index (χ4n) is 1.92. The van der Waals surface area contributed by atoms with Crippen molar-refractivity contribution in [1.29, 1.82) is 0 Å². The molecule has 0 spiro atoms. The summed E-state index contributed by atoms with van der Waals surface area (Å²) in [5.41, 5.74) is 7.11. The second kappa shape index (κ2) is 7.26. The maximum Gasteiger partial charge on any atom is 0.250 e. The van der Waals surface area contributed by atoms with Crippen LogP contribution in [0.15, 0.2) is 48.5 Å². The zero-order chi connectivity index (χ0) is 15.9. The number of hydrogen-bond donors (Lipinski definition) is 2. The van der Waals surface area contributed by atoms with E-state index in [0.29, 0.717) is 5.69 Å². The Labute approximate surface area is 129 Å². The molecular weight excluding hydrogens is 280 g/mol. The number of aryl methyl sites for hydroxylation is 1. The Bertz CT molecular complexity index is 666. The van der Waals surface area contributed by atoms with Gasteiger partial charge in [-0.1, -0.05) is 29.8 Å². The van der Waals surface area contributed by atoms with Crippen LogP contribution in [0.3, 0.4) is 0 Å². The minimum atomic E-state index is -0.577. The van der Waals surface area contributed by atoms with E-state index in [4.69, 9.17) is 10.5 Å². The molecule has 0 saturated carbocycles. The molecule has 114 valence electrons. The molecule has 2 aromatic carbocycles. The molecule has 2 rings (SSSR count). The monoisotopic (exact) mass is 298 g/mol. The fourth-order valence-corrected chi connectivity index (χ4v) is 1.92. The van der Waals surface area contributed by atoms with Crippen molar-refractivity contribution in [2.45, 2.75) is 13.3 Å². The van der Waals surface area contributed by atoms with Crippen molar-refractivity contribution in [2.75, 3.05) is 11.9 Å². The summed E-state index contributed by atoms with van der Waals surface area (Å²) in [4.78, 5) is 23.2. The average molecular weight is 298 g/mol. The summed E-state index contributed by atoms with van der Waals surface area (Å²) in [5, 5.41) is 2.67. The summed E-state index contributed by atoms with van der Waals surface area (Å²) in [6.07, 6.45) is 0.182. The van der Waals surface area contributed by atoms with E-state index < -0.39 is 5.91 Å². The Kier molecular flexibility index (Phi) is 5.14. The van der Waals surface area contributed by atoms with Crippen LogP contribution in [0.1, 0.15) is 22.3 Å². The number of para-hydroxylation sites is 1. The molecule has 0 atom stereocenters. The minimum absolute atomic E-state index is 0.182. The Morgan fingerprint density at radius 1 is 1.09 bits per heavy atom. The standard InChI is InChI=1S/C17H18N2O3/c1-12-6-8-13(9-7-12)22-11-10-16(20)19-15-5-3-2-4-14(15)17(18)21/h2-9H,10-11H2,1H3,(H2,18,21)(H,19,20). The molecule has 0 heterocycles. The molecule has 22 heavy (non-hydrogen) atoms. The van der Waals surface area contributed by atoms with Crippen molar-refractivity contribution in [3.05, 3.63) is 59.7 Å². The van der Waals surface area contributed by atoms with Crippen molar-refractivity contribution < 1.29 is 14.3 Å². The van der Waals surface area contributed by atoms with Gasteiger partial charge in [-0.3, -0.25) is 9.59 Å². The van der Waals surface area contributed by atoms with Crippen molar-refractivity contribution in [3.8, 4) is 5.75 Å². The molecule has 0 saturated heterocycles.